The van der Waals surface area contributed by atoms with Gasteiger partial charge in [-0.3, -0.25) is 0 Å². The van der Waals surface area contributed by atoms with Gasteiger partial charge in [-0.1, -0.05) is 13.8 Å². The fourth-order valence-corrected chi connectivity index (χ4v) is 2.50. The second-order valence-corrected chi connectivity index (χ2v) is 4.57. The Hall–Kier alpha value is -0.870. The van der Waals surface area contributed by atoms with Crippen molar-refractivity contribution in [2.24, 2.45) is 0 Å². The summed E-state index contributed by atoms with van der Waals surface area (Å²) in [5, 5.41) is 3.52. The Labute approximate surface area is 103 Å². The molecule has 1 aliphatic heterocycles. The van der Waals surface area contributed by atoms with Crippen molar-refractivity contribution in [3.05, 3.63) is 18.2 Å². The van der Waals surface area contributed by atoms with E-state index in [9.17, 15) is 0 Å². The van der Waals surface area contributed by atoms with E-state index in [-0.39, 0.29) is 12.1 Å². The molecule has 0 saturated carbocycles. The maximum absolute atomic E-state index is 5.81. The first-order valence-electron chi connectivity index (χ1n) is 6.72. The predicted octanol–water partition coefficient (Wildman–Crippen LogP) is 2.12. The number of hydrogen-bond acceptors (Lipinski definition) is 3. The number of likely N-dealkylation sites (N-methyl/N-ethyl adjacent to an activating group) is 1. The topological polar surface area (TPSA) is 39.1 Å². The first-order valence-corrected chi connectivity index (χ1v) is 6.72. The maximum atomic E-state index is 5.81. The van der Waals surface area contributed by atoms with E-state index in [0.717, 1.165) is 38.4 Å². The zero-order chi connectivity index (χ0) is 12.1. The molecule has 1 aromatic rings. The largest absolute Gasteiger partial charge is 0.376 e. The molecule has 0 aliphatic carbocycles. The standard InChI is InChI=1S/C13H23N3O/c1-3-8-16-9-7-15-13(16)12(14-4-2)11-6-5-10-17-11/h7,9,11-12,14H,3-6,8,10H2,1-2H3. The lowest BCUT2D eigenvalue weighted by Gasteiger charge is -2.24. The van der Waals surface area contributed by atoms with Crippen molar-refractivity contribution in [3.8, 4) is 0 Å². The molecule has 1 aromatic heterocycles. The van der Waals surface area contributed by atoms with Gasteiger partial charge in [0.1, 0.15) is 5.82 Å². The van der Waals surface area contributed by atoms with Gasteiger partial charge in [0.15, 0.2) is 0 Å². The molecule has 1 N–H and O–H groups in total. The number of aromatic nitrogens is 2. The van der Waals surface area contributed by atoms with Crippen molar-refractivity contribution in [3.63, 3.8) is 0 Å². The molecule has 1 saturated heterocycles. The van der Waals surface area contributed by atoms with Gasteiger partial charge in [-0.2, -0.15) is 0 Å². The SMILES string of the molecule is CCCn1ccnc1C(NCC)C1CCCO1. The lowest BCUT2D eigenvalue weighted by molar-refractivity contribution is 0.0749. The highest BCUT2D eigenvalue weighted by atomic mass is 16.5. The quantitative estimate of drug-likeness (QED) is 0.823. The third kappa shape index (κ3) is 2.87. The van der Waals surface area contributed by atoms with Gasteiger partial charge in [0.25, 0.3) is 0 Å². The van der Waals surface area contributed by atoms with Crippen molar-refractivity contribution in [2.45, 2.75) is 51.8 Å². The average molecular weight is 237 g/mol. The molecule has 4 nitrogen and oxygen atoms in total. The first kappa shape index (κ1) is 12.6. The summed E-state index contributed by atoms with van der Waals surface area (Å²) < 4.78 is 8.05. The third-order valence-corrected chi connectivity index (χ3v) is 3.25. The van der Waals surface area contributed by atoms with Crippen molar-refractivity contribution in [1.82, 2.24) is 14.9 Å². The molecule has 0 aromatic carbocycles. The molecule has 2 rings (SSSR count). The van der Waals surface area contributed by atoms with E-state index >= 15 is 0 Å². The molecule has 1 aliphatic rings. The van der Waals surface area contributed by atoms with Gasteiger partial charge in [-0.25, -0.2) is 4.98 Å². The Morgan fingerprint density at radius 2 is 2.47 bits per heavy atom. The monoisotopic (exact) mass is 237 g/mol. The second-order valence-electron chi connectivity index (χ2n) is 4.57. The van der Waals surface area contributed by atoms with Gasteiger partial charge >= 0.3 is 0 Å². The van der Waals surface area contributed by atoms with E-state index in [1.165, 1.54) is 6.42 Å². The van der Waals surface area contributed by atoms with Gasteiger partial charge in [0.05, 0.1) is 12.1 Å². The Morgan fingerprint density at radius 3 is 3.12 bits per heavy atom. The molecule has 96 valence electrons. The minimum Gasteiger partial charge on any atom is -0.376 e. The van der Waals surface area contributed by atoms with Crippen molar-refractivity contribution in [2.75, 3.05) is 13.2 Å². The highest BCUT2D eigenvalue weighted by molar-refractivity contribution is 5.03. The summed E-state index contributed by atoms with van der Waals surface area (Å²) in [6.07, 6.45) is 7.68. The van der Waals surface area contributed by atoms with Crippen LogP contribution in [0.3, 0.4) is 0 Å². The summed E-state index contributed by atoms with van der Waals surface area (Å²) in [5.74, 6) is 1.13. The predicted molar refractivity (Wildman–Crippen MR) is 67.9 cm³/mol. The zero-order valence-electron chi connectivity index (χ0n) is 10.9. The van der Waals surface area contributed by atoms with Crippen LogP contribution in [0.1, 0.15) is 45.0 Å². The number of rotatable bonds is 6. The number of aryl methyl sites for hydroxylation is 1. The van der Waals surface area contributed by atoms with E-state index < -0.39 is 0 Å². The third-order valence-electron chi connectivity index (χ3n) is 3.25. The van der Waals surface area contributed by atoms with E-state index in [1.807, 2.05) is 6.20 Å². The highest BCUT2D eigenvalue weighted by Crippen LogP contribution is 2.26. The Bertz CT molecular complexity index is 331. The minimum absolute atomic E-state index is 0.240. The van der Waals surface area contributed by atoms with Crippen LogP contribution in [0.25, 0.3) is 0 Å². The lowest BCUT2D eigenvalue weighted by atomic mass is 10.1. The average Bonchev–Trinajstić information content (AvgIpc) is 2.97. The smallest absolute Gasteiger partial charge is 0.128 e. The molecular weight excluding hydrogens is 214 g/mol. The molecule has 0 radical (unpaired) electrons. The Kier molecular flexibility index (Phi) is 4.57. The molecule has 4 heteroatoms. The number of hydrogen-bond donors (Lipinski definition) is 1. The summed E-state index contributed by atoms with van der Waals surface area (Å²) >= 11 is 0. The van der Waals surface area contributed by atoms with Crippen LogP contribution in [0, 0.1) is 0 Å². The summed E-state index contributed by atoms with van der Waals surface area (Å²) in [7, 11) is 0. The van der Waals surface area contributed by atoms with Crippen LogP contribution in [-0.4, -0.2) is 28.8 Å². The lowest BCUT2D eigenvalue weighted by Crippen LogP contribution is -2.33. The van der Waals surface area contributed by atoms with E-state index in [0.29, 0.717) is 0 Å². The normalized spacial score (nSPS) is 21.9. The van der Waals surface area contributed by atoms with Gasteiger partial charge in [0.2, 0.25) is 0 Å². The zero-order valence-corrected chi connectivity index (χ0v) is 10.9. The minimum atomic E-state index is 0.240. The van der Waals surface area contributed by atoms with Crippen LogP contribution in [0.2, 0.25) is 0 Å². The molecular formula is C13H23N3O. The number of nitrogens with one attached hydrogen (secondary N) is 1. The van der Waals surface area contributed by atoms with Crippen molar-refractivity contribution < 1.29 is 4.74 Å². The number of nitrogens with zero attached hydrogens (tertiary/aromatic N) is 2. The molecule has 0 amide bonds. The molecule has 2 atom stereocenters. The molecule has 1 fully saturated rings. The highest BCUT2D eigenvalue weighted by Gasteiger charge is 2.29. The number of ether oxygens (including phenoxy) is 1. The van der Waals surface area contributed by atoms with Gasteiger partial charge in [0, 0.05) is 25.5 Å². The van der Waals surface area contributed by atoms with Crippen LogP contribution in [0.5, 0.6) is 0 Å². The number of imidazole rings is 1. The van der Waals surface area contributed by atoms with Crippen LogP contribution in [0.15, 0.2) is 12.4 Å². The summed E-state index contributed by atoms with van der Waals surface area (Å²) in [4.78, 5) is 4.52. The van der Waals surface area contributed by atoms with E-state index in [4.69, 9.17) is 4.74 Å². The Balaban J connectivity index is 2.15. The second kappa shape index (κ2) is 6.17. The van der Waals surface area contributed by atoms with Crippen molar-refractivity contribution in [1.29, 1.82) is 0 Å². The maximum Gasteiger partial charge on any atom is 0.128 e. The van der Waals surface area contributed by atoms with Gasteiger partial charge < -0.3 is 14.6 Å². The molecule has 0 bridgehead atoms. The van der Waals surface area contributed by atoms with Crippen molar-refractivity contribution >= 4 is 0 Å². The fourth-order valence-electron chi connectivity index (χ4n) is 2.50. The molecule has 17 heavy (non-hydrogen) atoms. The molecule has 2 unspecified atom stereocenters. The molecule has 0 spiro atoms. The van der Waals surface area contributed by atoms with Crippen LogP contribution in [-0.2, 0) is 11.3 Å². The first-order chi connectivity index (χ1) is 8.36. The summed E-state index contributed by atoms with van der Waals surface area (Å²) in [6.45, 7) is 7.20. The Morgan fingerprint density at radius 1 is 1.59 bits per heavy atom. The molecule has 2 heterocycles. The van der Waals surface area contributed by atoms with Gasteiger partial charge in [-0.05, 0) is 25.8 Å². The van der Waals surface area contributed by atoms with Crippen LogP contribution >= 0.6 is 0 Å². The van der Waals surface area contributed by atoms with E-state index in [1.54, 1.807) is 0 Å². The van der Waals surface area contributed by atoms with Crippen LogP contribution < -0.4 is 5.32 Å². The van der Waals surface area contributed by atoms with Crippen LogP contribution in [0.4, 0.5) is 0 Å². The summed E-state index contributed by atoms with van der Waals surface area (Å²) in [6, 6.07) is 0.240. The summed E-state index contributed by atoms with van der Waals surface area (Å²) in [5.41, 5.74) is 0. The van der Waals surface area contributed by atoms with Gasteiger partial charge in [-0.15, -0.1) is 0 Å². The fraction of sp³-hybridized carbons (Fsp3) is 0.769. The van der Waals surface area contributed by atoms with E-state index in [2.05, 4.69) is 34.9 Å².